The number of hydrogen-bond acceptors (Lipinski definition) is 4. The average molecular weight is 325 g/mol. The Labute approximate surface area is 137 Å². The summed E-state index contributed by atoms with van der Waals surface area (Å²) >= 11 is 6.19. The number of aliphatic hydroxyl groups excluding tert-OH is 1. The third-order valence-corrected chi connectivity index (χ3v) is 5.36. The zero-order chi connectivity index (χ0) is 15.5. The van der Waals surface area contributed by atoms with Crippen molar-refractivity contribution in [2.24, 2.45) is 0 Å². The fraction of sp³-hybridized carbons (Fsp3) is 0.647. The number of phenolic OH excluding ortho intramolecular Hbond substituents is 1. The van der Waals surface area contributed by atoms with Gasteiger partial charge in [0, 0.05) is 30.7 Å². The SMILES string of the molecule is Oc1ccc(CN2CCC(N3CCC(O)CC3)CC2)c(Cl)c1. The molecule has 0 unspecified atom stereocenters. The van der Waals surface area contributed by atoms with E-state index >= 15 is 0 Å². The first kappa shape index (κ1) is 16.1. The normalized spacial score (nSPS) is 23.0. The van der Waals surface area contributed by atoms with Crippen molar-refractivity contribution in [3.05, 3.63) is 28.8 Å². The van der Waals surface area contributed by atoms with E-state index in [1.54, 1.807) is 12.1 Å². The first-order valence-corrected chi connectivity index (χ1v) is 8.61. The summed E-state index contributed by atoms with van der Waals surface area (Å²) in [6, 6.07) is 5.89. The van der Waals surface area contributed by atoms with Crippen LogP contribution in [0.1, 0.15) is 31.2 Å². The molecular weight excluding hydrogens is 300 g/mol. The molecule has 1 aromatic rings. The van der Waals surface area contributed by atoms with E-state index in [-0.39, 0.29) is 11.9 Å². The van der Waals surface area contributed by atoms with Crippen LogP contribution in [0.2, 0.25) is 5.02 Å². The van der Waals surface area contributed by atoms with Gasteiger partial charge in [0.2, 0.25) is 0 Å². The summed E-state index contributed by atoms with van der Waals surface area (Å²) < 4.78 is 0. The summed E-state index contributed by atoms with van der Waals surface area (Å²) in [6.07, 6.45) is 4.12. The Morgan fingerprint density at radius 3 is 2.36 bits per heavy atom. The van der Waals surface area contributed by atoms with Crippen molar-refractivity contribution in [2.45, 2.75) is 44.4 Å². The molecule has 2 aliphatic heterocycles. The molecule has 22 heavy (non-hydrogen) atoms. The van der Waals surface area contributed by atoms with Crippen LogP contribution in [0, 0.1) is 0 Å². The molecule has 0 radical (unpaired) electrons. The molecule has 0 bridgehead atoms. The number of likely N-dealkylation sites (tertiary alicyclic amines) is 2. The number of aromatic hydroxyl groups is 1. The first-order valence-electron chi connectivity index (χ1n) is 8.23. The molecule has 3 rings (SSSR count). The Bertz CT molecular complexity index is 495. The minimum Gasteiger partial charge on any atom is -0.508 e. The van der Waals surface area contributed by atoms with Crippen molar-refractivity contribution in [1.29, 1.82) is 0 Å². The highest BCUT2D eigenvalue weighted by Gasteiger charge is 2.27. The molecule has 5 heteroatoms. The zero-order valence-electron chi connectivity index (χ0n) is 12.9. The maximum absolute atomic E-state index is 9.61. The second-order valence-electron chi connectivity index (χ2n) is 6.55. The highest BCUT2D eigenvalue weighted by Crippen LogP contribution is 2.26. The van der Waals surface area contributed by atoms with Crippen LogP contribution in [-0.4, -0.2) is 58.3 Å². The number of aliphatic hydroxyl groups is 1. The number of rotatable bonds is 3. The lowest BCUT2D eigenvalue weighted by atomic mass is 9.98. The number of hydrogen-bond donors (Lipinski definition) is 2. The van der Waals surface area contributed by atoms with Crippen molar-refractivity contribution < 1.29 is 10.2 Å². The summed E-state index contributed by atoms with van der Waals surface area (Å²) in [5.41, 5.74) is 1.08. The Morgan fingerprint density at radius 1 is 1.05 bits per heavy atom. The fourth-order valence-corrected chi connectivity index (χ4v) is 3.83. The lowest BCUT2D eigenvalue weighted by Gasteiger charge is -2.41. The van der Waals surface area contributed by atoms with Gasteiger partial charge in [0.05, 0.1) is 6.10 Å². The minimum atomic E-state index is -0.0898. The largest absolute Gasteiger partial charge is 0.508 e. The Morgan fingerprint density at radius 2 is 1.73 bits per heavy atom. The predicted molar refractivity (Wildman–Crippen MR) is 88.2 cm³/mol. The number of benzene rings is 1. The molecule has 1 aromatic carbocycles. The molecule has 4 nitrogen and oxygen atoms in total. The second-order valence-corrected chi connectivity index (χ2v) is 6.96. The van der Waals surface area contributed by atoms with Gasteiger partial charge in [0.1, 0.15) is 5.75 Å². The lowest BCUT2D eigenvalue weighted by Crippen LogP contribution is -2.48. The van der Waals surface area contributed by atoms with E-state index in [9.17, 15) is 10.2 Å². The Kier molecular flexibility index (Phi) is 5.24. The van der Waals surface area contributed by atoms with Gasteiger partial charge >= 0.3 is 0 Å². The number of phenols is 1. The van der Waals surface area contributed by atoms with E-state index in [2.05, 4.69) is 9.80 Å². The minimum absolute atomic E-state index is 0.0898. The monoisotopic (exact) mass is 324 g/mol. The van der Waals surface area contributed by atoms with Crippen molar-refractivity contribution in [1.82, 2.24) is 9.80 Å². The fourth-order valence-electron chi connectivity index (χ4n) is 3.60. The van der Waals surface area contributed by atoms with E-state index in [1.165, 1.54) is 12.8 Å². The maximum Gasteiger partial charge on any atom is 0.117 e. The van der Waals surface area contributed by atoms with Crippen LogP contribution in [-0.2, 0) is 6.54 Å². The van der Waals surface area contributed by atoms with E-state index in [0.29, 0.717) is 11.1 Å². The molecule has 0 amide bonds. The van der Waals surface area contributed by atoms with Crippen LogP contribution >= 0.6 is 11.6 Å². The highest BCUT2D eigenvalue weighted by molar-refractivity contribution is 6.31. The van der Waals surface area contributed by atoms with Gasteiger partial charge in [-0.2, -0.15) is 0 Å². The van der Waals surface area contributed by atoms with Crippen LogP contribution in [0.25, 0.3) is 0 Å². The molecule has 122 valence electrons. The van der Waals surface area contributed by atoms with Gasteiger partial charge < -0.3 is 15.1 Å². The third-order valence-electron chi connectivity index (χ3n) is 5.00. The average Bonchev–Trinajstić information content (AvgIpc) is 2.52. The van der Waals surface area contributed by atoms with Crippen LogP contribution in [0.3, 0.4) is 0 Å². The molecule has 0 aliphatic carbocycles. The molecule has 2 aliphatic rings. The van der Waals surface area contributed by atoms with Gasteiger partial charge in [-0.3, -0.25) is 4.90 Å². The summed E-state index contributed by atoms with van der Waals surface area (Å²) in [5.74, 6) is 0.222. The molecule has 0 spiro atoms. The predicted octanol–water partition coefficient (Wildman–Crippen LogP) is 2.47. The van der Waals surface area contributed by atoms with Gasteiger partial charge in [-0.1, -0.05) is 17.7 Å². The zero-order valence-corrected chi connectivity index (χ0v) is 13.7. The first-order chi connectivity index (χ1) is 10.6. The van der Waals surface area contributed by atoms with E-state index in [0.717, 1.165) is 51.1 Å². The van der Waals surface area contributed by atoms with Crippen LogP contribution in [0.15, 0.2) is 18.2 Å². The highest BCUT2D eigenvalue weighted by atomic mass is 35.5. The smallest absolute Gasteiger partial charge is 0.117 e. The lowest BCUT2D eigenvalue weighted by molar-refractivity contribution is 0.0375. The number of piperidine rings is 2. The molecular formula is C17H25ClN2O2. The van der Waals surface area contributed by atoms with E-state index in [4.69, 9.17) is 11.6 Å². The van der Waals surface area contributed by atoms with Crippen LogP contribution in [0.4, 0.5) is 0 Å². The van der Waals surface area contributed by atoms with Crippen molar-refractivity contribution in [3.8, 4) is 5.75 Å². The van der Waals surface area contributed by atoms with Crippen molar-refractivity contribution >= 4 is 11.6 Å². The Balaban J connectivity index is 1.49. The third kappa shape index (κ3) is 3.93. The van der Waals surface area contributed by atoms with E-state index < -0.39 is 0 Å². The topological polar surface area (TPSA) is 46.9 Å². The van der Waals surface area contributed by atoms with Crippen molar-refractivity contribution in [3.63, 3.8) is 0 Å². The van der Waals surface area contributed by atoms with Gasteiger partial charge in [-0.15, -0.1) is 0 Å². The second kappa shape index (κ2) is 7.18. The van der Waals surface area contributed by atoms with Crippen LogP contribution in [0.5, 0.6) is 5.75 Å². The van der Waals surface area contributed by atoms with Gasteiger partial charge in [-0.05, 0) is 56.5 Å². The van der Waals surface area contributed by atoms with Crippen molar-refractivity contribution in [2.75, 3.05) is 26.2 Å². The standard InChI is InChI=1S/C17H25ClN2O2/c18-17-11-16(22)2-1-13(17)12-19-7-3-14(4-8-19)20-9-5-15(21)6-10-20/h1-2,11,14-15,21-22H,3-10,12H2. The van der Waals surface area contributed by atoms with Gasteiger partial charge in [-0.25, -0.2) is 0 Å². The molecule has 2 saturated heterocycles. The maximum atomic E-state index is 9.61. The number of nitrogens with zero attached hydrogens (tertiary/aromatic N) is 2. The van der Waals surface area contributed by atoms with Crippen LogP contribution < -0.4 is 0 Å². The Hall–Kier alpha value is -0.810. The summed E-state index contributed by atoms with van der Waals surface area (Å²) in [6.45, 7) is 5.09. The summed E-state index contributed by atoms with van der Waals surface area (Å²) in [4.78, 5) is 4.99. The van der Waals surface area contributed by atoms with Gasteiger partial charge in [0.15, 0.2) is 0 Å². The summed E-state index contributed by atoms with van der Waals surface area (Å²) in [7, 11) is 0. The molecule has 2 heterocycles. The molecule has 0 atom stereocenters. The quantitative estimate of drug-likeness (QED) is 0.896. The molecule has 2 N–H and O–H groups in total. The van der Waals surface area contributed by atoms with E-state index in [1.807, 2.05) is 6.07 Å². The molecule has 0 saturated carbocycles. The number of halogens is 1. The van der Waals surface area contributed by atoms with Gasteiger partial charge in [0.25, 0.3) is 0 Å². The molecule has 2 fully saturated rings. The summed E-state index contributed by atoms with van der Waals surface area (Å²) in [5, 5.41) is 19.7. The molecule has 0 aromatic heterocycles.